The lowest BCUT2D eigenvalue weighted by Crippen LogP contribution is -2.22. The molecule has 0 fully saturated rings. The summed E-state index contributed by atoms with van der Waals surface area (Å²) in [6.45, 7) is 8.56. The van der Waals surface area contributed by atoms with Crippen LogP contribution >= 0.6 is 0 Å². The van der Waals surface area contributed by atoms with Crippen LogP contribution in [-0.4, -0.2) is 12.0 Å². The Morgan fingerprint density at radius 2 is 1.73 bits per heavy atom. The molecule has 0 spiro atoms. The lowest BCUT2D eigenvalue weighted by atomic mass is 10.1. The van der Waals surface area contributed by atoms with Crippen molar-refractivity contribution in [2.45, 2.75) is 40.3 Å². The topological polar surface area (TPSA) is 38.3 Å². The van der Waals surface area contributed by atoms with Crippen LogP contribution in [0.5, 0.6) is 5.75 Å². The van der Waals surface area contributed by atoms with E-state index in [0.29, 0.717) is 12.1 Å². The van der Waals surface area contributed by atoms with Gasteiger partial charge >= 0.3 is 0 Å². The highest BCUT2D eigenvalue weighted by Gasteiger charge is 2.06. The third-order valence-corrected chi connectivity index (χ3v) is 3.52. The maximum absolute atomic E-state index is 12.2. The Morgan fingerprint density at radius 3 is 2.32 bits per heavy atom. The van der Waals surface area contributed by atoms with Gasteiger partial charge in [-0.1, -0.05) is 18.2 Å². The predicted molar refractivity (Wildman–Crippen MR) is 89.3 cm³/mol. The molecule has 2 aromatic carbocycles. The quantitative estimate of drug-likeness (QED) is 0.905. The Labute approximate surface area is 132 Å². The predicted octanol–water partition coefficient (Wildman–Crippen LogP) is 4.02. The highest BCUT2D eigenvalue weighted by atomic mass is 16.5. The minimum Gasteiger partial charge on any atom is -0.491 e. The normalized spacial score (nSPS) is 10.6. The molecule has 0 unspecified atom stereocenters. The molecule has 0 aromatic heterocycles. The summed E-state index contributed by atoms with van der Waals surface area (Å²) in [5.41, 5.74) is 4.07. The lowest BCUT2D eigenvalue weighted by Gasteiger charge is -2.11. The first kappa shape index (κ1) is 16.1. The summed E-state index contributed by atoms with van der Waals surface area (Å²) < 4.78 is 5.60. The number of hydrogen-bond donors (Lipinski definition) is 1. The zero-order valence-corrected chi connectivity index (χ0v) is 13.6. The molecule has 1 N–H and O–H groups in total. The fraction of sp³-hybridized carbons (Fsp3) is 0.316. The highest BCUT2D eigenvalue weighted by Crippen LogP contribution is 2.14. The van der Waals surface area contributed by atoms with E-state index in [1.165, 1.54) is 5.56 Å². The summed E-state index contributed by atoms with van der Waals surface area (Å²) >= 11 is 0. The van der Waals surface area contributed by atoms with E-state index in [9.17, 15) is 4.79 Å². The number of hydrogen-bond acceptors (Lipinski definition) is 2. The van der Waals surface area contributed by atoms with Crippen molar-refractivity contribution in [2.75, 3.05) is 0 Å². The monoisotopic (exact) mass is 297 g/mol. The average molecular weight is 297 g/mol. The van der Waals surface area contributed by atoms with Crippen molar-refractivity contribution in [3.8, 4) is 5.75 Å². The molecule has 0 radical (unpaired) electrons. The molecule has 2 aromatic rings. The Hall–Kier alpha value is -2.29. The van der Waals surface area contributed by atoms with Gasteiger partial charge in [-0.05, 0) is 68.7 Å². The molecular formula is C19H23NO2. The van der Waals surface area contributed by atoms with Crippen LogP contribution in [0.4, 0.5) is 0 Å². The van der Waals surface area contributed by atoms with Gasteiger partial charge in [-0.15, -0.1) is 0 Å². The van der Waals surface area contributed by atoms with Gasteiger partial charge in [-0.2, -0.15) is 0 Å². The van der Waals surface area contributed by atoms with Gasteiger partial charge in [0.15, 0.2) is 0 Å². The third kappa shape index (κ3) is 4.35. The second-order valence-corrected chi connectivity index (χ2v) is 5.79. The van der Waals surface area contributed by atoms with E-state index in [-0.39, 0.29) is 12.0 Å². The van der Waals surface area contributed by atoms with Crippen LogP contribution < -0.4 is 10.1 Å². The zero-order chi connectivity index (χ0) is 16.1. The third-order valence-electron chi connectivity index (χ3n) is 3.52. The fourth-order valence-corrected chi connectivity index (χ4v) is 2.13. The number of rotatable bonds is 5. The van der Waals surface area contributed by atoms with Crippen molar-refractivity contribution in [3.63, 3.8) is 0 Å². The first-order chi connectivity index (χ1) is 10.5. The van der Waals surface area contributed by atoms with Gasteiger partial charge in [0.2, 0.25) is 0 Å². The summed E-state index contributed by atoms with van der Waals surface area (Å²) in [6, 6.07) is 13.6. The number of benzene rings is 2. The molecule has 2 rings (SSSR count). The van der Waals surface area contributed by atoms with Crippen LogP contribution in [-0.2, 0) is 6.54 Å². The molecule has 0 aliphatic carbocycles. The molecule has 0 bridgehead atoms. The van der Waals surface area contributed by atoms with Crippen molar-refractivity contribution in [3.05, 3.63) is 64.7 Å². The Bertz CT molecular complexity index is 645. The largest absolute Gasteiger partial charge is 0.491 e. The summed E-state index contributed by atoms with van der Waals surface area (Å²) in [5.74, 6) is 0.796. The molecule has 116 valence electrons. The summed E-state index contributed by atoms with van der Waals surface area (Å²) in [4.78, 5) is 12.2. The number of nitrogens with one attached hydrogen (secondary N) is 1. The Kier molecular flexibility index (Phi) is 5.21. The first-order valence-corrected chi connectivity index (χ1v) is 7.57. The highest BCUT2D eigenvalue weighted by molar-refractivity contribution is 5.94. The number of ether oxygens (including phenoxy) is 1. The van der Waals surface area contributed by atoms with Gasteiger partial charge < -0.3 is 10.1 Å². The molecule has 0 saturated heterocycles. The first-order valence-electron chi connectivity index (χ1n) is 7.57. The number of carbonyl (C=O) groups excluding carboxylic acids is 1. The Morgan fingerprint density at radius 1 is 1.05 bits per heavy atom. The Balaban J connectivity index is 1.94. The lowest BCUT2D eigenvalue weighted by molar-refractivity contribution is 0.0951. The van der Waals surface area contributed by atoms with Crippen LogP contribution in [0.1, 0.15) is 40.9 Å². The van der Waals surface area contributed by atoms with E-state index < -0.39 is 0 Å². The van der Waals surface area contributed by atoms with Gasteiger partial charge in [0, 0.05) is 12.1 Å². The molecule has 0 saturated carbocycles. The van der Waals surface area contributed by atoms with Crippen LogP contribution in [0.15, 0.2) is 42.5 Å². The van der Waals surface area contributed by atoms with Crippen molar-refractivity contribution in [1.82, 2.24) is 5.32 Å². The standard InChI is InChI=1S/C19H23NO2/c1-13(2)22-18-9-6-16(7-10-18)12-20-19(21)17-8-5-14(3)15(4)11-17/h5-11,13H,12H2,1-4H3,(H,20,21). The molecule has 1 amide bonds. The molecule has 0 aliphatic rings. The van der Waals surface area contributed by atoms with E-state index in [1.807, 2.05) is 70.2 Å². The summed E-state index contributed by atoms with van der Waals surface area (Å²) in [5, 5.41) is 2.94. The molecule has 3 heteroatoms. The second-order valence-electron chi connectivity index (χ2n) is 5.79. The van der Waals surface area contributed by atoms with Crippen LogP contribution in [0.3, 0.4) is 0 Å². The summed E-state index contributed by atoms with van der Waals surface area (Å²) in [7, 11) is 0. The molecule has 0 atom stereocenters. The van der Waals surface area contributed by atoms with Crippen molar-refractivity contribution >= 4 is 5.91 Å². The molecular weight excluding hydrogens is 274 g/mol. The minimum atomic E-state index is -0.0504. The number of amides is 1. The van der Waals surface area contributed by atoms with Crippen molar-refractivity contribution < 1.29 is 9.53 Å². The second kappa shape index (κ2) is 7.12. The fourth-order valence-electron chi connectivity index (χ4n) is 2.13. The van der Waals surface area contributed by atoms with E-state index in [2.05, 4.69) is 5.32 Å². The van der Waals surface area contributed by atoms with Gasteiger partial charge in [0.1, 0.15) is 5.75 Å². The van der Waals surface area contributed by atoms with Gasteiger partial charge in [-0.3, -0.25) is 4.79 Å². The van der Waals surface area contributed by atoms with Crippen LogP contribution in [0.25, 0.3) is 0 Å². The summed E-state index contributed by atoms with van der Waals surface area (Å²) in [6.07, 6.45) is 0.162. The van der Waals surface area contributed by atoms with E-state index in [0.717, 1.165) is 16.9 Å². The van der Waals surface area contributed by atoms with Gasteiger partial charge in [0.25, 0.3) is 5.91 Å². The smallest absolute Gasteiger partial charge is 0.251 e. The van der Waals surface area contributed by atoms with E-state index in [1.54, 1.807) is 0 Å². The molecule has 0 heterocycles. The van der Waals surface area contributed by atoms with E-state index >= 15 is 0 Å². The maximum atomic E-state index is 12.2. The average Bonchev–Trinajstić information content (AvgIpc) is 2.48. The van der Waals surface area contributed by atoms with Gasteiger partial charge in [-0.25, -0.2) is 0 Å². The van der Waals surface area contributed by atoms with E-state index in [4.69, 9.17) is 4.74 Å². The van der Waals surface area contributed by atoms with Crippen LogP contribution in [0.2, 0.25) is 0 Å². The zero-order valence-electron chi connectivity index (χ0n) is 13.6. The molecule has 0 aliphatic heterocycles. The van der Waals surface area contributed by atoms with Gasteiger partial charge in [0.05, 0.1) is 6.10 Å². The van der Waals surface area contributed by atoms with Crippen LogP contribution in [0, 0.1) is 13.8 Å². The number of carbonyl (C=O) groups is 1. The van der Waals surface area contributed by atoms with Crippen molar-refractivity contribution in [1.29, 1.82) is 0 Å². The minimum absolute atomic E-state index is 0.0504. The van der Waals surface area contributed by atoms with Crippen molar-refractivity contribution in [2.24, 2.45) is 0 Å². The molecule has 3 nitrogen and oxygen atoms in total. The molecule has 22 heavy (non-hydrogen) atoms. The SMILES string of the molecule is Cc1ccc(C(=O)NCc2ccc(OC(C)C)cc2)cc1C. The maximum Gasteiger partial charge on any atom is 0.251 e. The number of aryl methyl sites for hydroxylation is 2.